The first-order valence-electron chi connectivity index (χ1n) is 6.65. The van der Waals surface area contributed by atoms with Crippen LogP contribution in [-0.4, -0.2) is 6.54 Å². The molecule has 0 aliphatic rings. The molecule has 4 heteroatoms. The van der Waals surface area contributed by atoms with E-state index < -0.39 is 0 Å². The van der Waals surface area contributed by atoms with Crippen molar-refractivity contribution in [2.45, 2.75) is 33.2 Å². The summed E-state index contributed by atoms with van der Waals surface area (Å²) in [4.78, 5) is 0. The Morgan fingerprint density at radius 1 is 1.37 bits per heavy atom. The third-order valence-electron chi connectivity index (χ3n) is 3.19. The molecular formula is C15H19BrFNO. The van der Waals surface area contributed by atoms with Gasteiger partial charge in [-0.1, -0.05) is 20.8 Å². The van der Waals surface area contributed by atoms with Crippen LogP contribution < -0.4 is 5.32 Å². The van der Waals surface area contributed by atoms with E-state index in [0.717, 1.165) is 23.2 Å². The molecule has 19 heavy (non-hydrogen) atoms. The lowest BCUT2D eigenvalue weighted by molar-refractivity contribution is 0.351. The third-order valence-corrected chi connectivity index (χ3v) is 3.81. The SMILES string of the molecule is CCCNC(c1cc2c(F)ccc(Br)c2o1)C(C)C. The van der Waals surface area contributed by atoms with Crippen molar-refractivity contribution >= 4 is 26.9 Å². The van der Waals surface area contributed by atoms with Crippen LogP contribution in [0.5, 0.6) is 0 Å². The highest BCUT2D eigenvalue weighted by atomic mass is 79.9. The molecule has 104 valence electrons. The Morgan fingerprint density at radius 2 is 2.11 bits per heavy atom. The first kappa shape index (κ1) is 14.5. The van der Waals surface area contributed by atoms with Crippen LogP contribution in [0, 0.1) is 11.7 Å². The number of furan rings is 1. The lowest BCUT2D eigenvalue weighted by atomic mass is 10.0. The summed E-state index contributed by atoms with van der Waals surface area (Å²) in [6, 6.07) is 5.05. The van der Waals surface area contributed by atoms with Gasteiger partial charge in [0, 0.05) is 0 Å². The maximum Gasteiger partial charge on any atom is 0.151 e. The van der Waals surface area contributed by atoms with Crippen molar-refractivity contribution in [1.29, 1.82) is 0 Å². The second-order valence-corrected chi connectivity index (χ2v) is 5.95. The van der Waals surface area contributed by atoms with Gasteiger partial charge in [-0.2, -0.15) is 0 Å². The zero-order chi connectivity index (χ0) is 14.0. The highest BCUT2D eigenvalue weighted by Gasteiger charge is 2.21. The zero-order valence-corrected chi connectivity index (χ0v) is 13.1. The lowest BCUT2D eigenvalue weighted by Crippen LogP contribution is -2.25. The van der Waals surface area contributed by atoms with Crippen molar-refractivity contribution in [1.82, 2.24) is 5.32 Å². The van der Waals surface area contributed by atoms with E-state index in [1.54, 1.807) is 6.07 Å². The van der Waals surface area contributed by atoms with Crippen molar-refractivity contribution in [2.75, 3.05) is 6.54 Å². The molecule has 1 unspecified atom stereocenters. The minimum atomic E-state index is -0.244. The van der Waals surface area contributed by atoms with E-state index in [9.17, 15) is 4.39 Å². The maximum atomic E-state index is 13.8. The first-order chi connectivity index (χ1) is 9.04. The number of halogens is 2. The van der Waals surface area contributed by atoms with Crippen molar-refractivity contribution in [3.8, 4) is 0 Å². The molecule has 2 nitrogen and oxygen atoms in total. The van der Waals surface area contributed by atoms with Gasteiger partial charge in [0.05, 0.1) is 15.9 Å². The van der Waals surface area contributed by atoms with E-state index in [1.165, 1.54) is 6.07 Å². The van der Waals surface area contributed by atoms with Gasteiger partial charge in [0.2, 0.25) is 0 Å². The summed E-state index contributed by atoms with van der Waals surface area (Å²) in [5.41, 5.74) is 0.582. The summed E-state index contributed by atoms with van der Waals surface area (Å²) in [5.74, 6) is 0.935. The molecule has 0 aliphatic heterocycles. The van der Waals surface area contributed by atoms with E-state index in [1.807, 2.05) is 6.07 Å². The Hall–Kier alpha value is -0.870. The smallest absolute Gasteiger partial charge is 0.151 e. The molecule has 0 spiro atoms. The van der Waals surface area contributed by atoms with Crippen LogP contribution >= 0.6 is 15.9 Å². The number of hydrogen-bond donors (Lipinski definition) is 1. The summed E-state index contributed by atoms with van der Waals surface area (Å²) in [7, 11) is 0. The van der Waals surface area contributed by atoms with E-state index in [0.29, 0.717) is 16.9 Å². The fourth-order valence-electron chi connectivity index (χ4n) is 2.19. The van der Waals surface area contributed by atoms with Crippen LogP contribution in [0.3, 0.4) is 0 Å². The zero-order valence-electron chi connectivity index (χ0n) is 11.5. The van der Waals surface area contributed by atoms with Crippen molar-refractivity contribution < 1.29 is 8.81 Å². The quantitative estimate of drug-likeness (QED) is 0.833. The summed E-state index contributed by atoms with van der Waals surface area (Å²) in [6.45, 7) is 7.31. The second kappa shape index (κ2) is 6.06. The fraction of sp³-hybridized carbons (Fsp3) is 0.467. The number of fused-ring (bicyclic) bond motifs is 1. The molecule has 1 atom stereocenters. The molecule has 1 aromatic heterocycles. The van der Waals surface area contributed by atoms with E-state index in [4.69, 9.17) is 4.42 Å². The molecular weight excluding hydrogens is 309 g/mol. The van der Waals surface area contributed by atoms with Crippen LogP contribution in [0.25, 0.3) is 11.0 Å². The minimum Gasteiger partial charge on any atom is -0.458 e. The summed E-state index contributed by atoms with van der Waals surface area (Å²) in [5, 5.41) is 3.99. The van der Waals surface area contributed by atoms with Crippen molar-refractivity contribution in [3.63, 3.8) is 0 Å². The molecule has 2 rings (SSSR count). The third kappa shape index (κ3) is 3.00. The number of benzene rings is 1. The van der Waals surface area contributed by atoms with Crippen LogP contribution in [-0.2, 0) is 0 Å². The van der Waals surface area contributed by atoms with Gasteiger partial charge in [0.25, 0.3) is 0 Å². The summed E-state index contributed by atoms with van der Waals surface area (Å²) < 4.78 is 20.4. The molecule has 0 bridgehead atoms. The van der Waals surface area contributed by atoms with Crippen molar-refractivity contribution in [3.05, 3.63) is 34.2 Å². The van der Waals surface area contributed by atoms with Crippen molar-refractivity contribution in [2.24, 2.45) is 5.92 Å². The van der Waals surface area contributed by atoms with Gasteiger partial charge >= 0.3 is 0 Å². The Kier molecular flexibility index (Phi) is 4.63. The first-order valence-corrected chi connectivity index (χ1v) is 7.44. The largest absolute Gasteiger partial charge is 0.458 e. The molecule has 0 amide bonds. The lowest BCUT2D eigenvalue weighted by Gasteiger charge is -2.19. The van der Waals surface area contributed by atoms with Gasteiger partial charge < -0.3 is 9.73 Å². The maximum absolute atomic E-state index is 13.8. The van der Waals surface area contributed by atoms with Gasteiger partial charge in [0.15, 0.2) is 5.58 Å². The predicted molar refractivity (Wildman–Crippen MR) is 79.7 cm³/mol. The summed E-state index contributed by atoms with van der Waals surface area (Å²) in [6.07, 6.45) is 1.06. The van der Waals surface area contributed by atoms with Gasteiger partial charge in [0.1, 0.15) is 11.6 Å². The van der Waals surface area contributed by atoms with Crippen LogP contribution in [0.2, 0.25) is 0 Å². The second-order valence-electron chi connectivity index (χ2n) is 5.10. The Labute approximate surface area is 121 Å². The van der Waals surface area contributed by atoms with Gasteiger partial charge in [-0.3, -0.25) is 0 Å². The average Bonchev–Trinajstić information content (AvgIpc) is 2.80. The van der Waals surface area contributed by atoms with E-state index >= 15 is 0 Å². The molecule has 1 N–H and O–H groups in total. The van der Waals surface area contributed by atoms with Crippen LogP contribution in [0.15, 0.2) is 27.1 Å². The normalized spacial score (nSPS) is 13.4. The topological polar surface area (TPSA) is 25.2 Å². The van der Waals surface area contributed by atoms with Crippen LogP contribution in [0.1, 0.15) is 39.0 Å². The molecule has 2 aromatic rings. The van der Waals surface area contributed by atoms with Crippen LogP contribution in [0.4, 0.5) is 4.39 Å². The molecule has 0 saturated heterocycles. The molecule has 0 fully saturated rings. The van der Waals surface area contributed by atoms with E-state index in [2.05, 4.69) is 42.0 Å². The predicted octanol–water partition coefficient (Wildman–Crippen LogP) is 5.03. The Bertz CT molecular complexity index is 526. The molecule has 0 saturated carbocycles. The standard InChI is InChI=1S/C15H19BrFNO/c1-4-7-18-14(9(2)3)13-8-10-12(17)6-5-11(16)15(10)19-13/h5-6,8-9,14,18H,4,7H2,1-3H3. The number of rotatable bonds is 5. The minimum absolute atomic E-state index is 0.110. The van der Waals surface area contributed by atoms with Gasteiger partial charge in [-0.25, -0.2) is 4.39 Å². The molecule has 1 aromatic carbocycles. The monoisotopic (exact) mass is 327 g/mol. The number of hydrogen-bond acceptors (Lipinski definition) is 2. The molecule has 0 aliphatic carbocycles. The molecule has 0 radical (unpaired) electrons. The average molecular weight is 328 g/mol. The van der Waals surface area contributed by atoms with Gasteiger partial charge in [-0.15, -0.1) is 0 Å². The highest BCUT2D eigenvalue weighted by molar-refractivity contribution is 9.10. The van der Waals surface area contributed by atoms with Gasteiger partial charge in [-0.05, 0) is 53.0 Å². The van der Waals surface area contributed by atoms with E-state index in [-0.39, 0.29) is 11.9 Å². The molecule has 1 heterocycles. The summed E-state index contributed by atoms with van der Waals surface area (Å²) >= 11 is 3.40. The highest BCUT2D eigenvalue weighted by Crippen LogP contribution is 2.33. The Balaban J connectivity index is 2.43. The Morgan fingerprint density at radius 3 is 2.68 bits per heavy atom. The number of nitrogens with one attached hydrogen (secondary N) is 1. The fourth-order valence-corrected chi connectivity index (χ4v) is 2.62.